The van der Waals surface area contributed by atoms with Crippen LogP contribution < -0.4 is 4.18 Å². The van der Waals surface area contributed by atoms with Gasteiger partial charge in [-0.05, 0) is 36.2 Å². The Morgan fingerprint density at radius 3 is 2.63 bits per heavy atom. The van der Waals surface area contributed by atoms with Gasteiger partial charge in [-0.1, -0.05) is 36.4 Å². The summed E-state index contributed by atoms with van der Waals surface area (Å²) in [6, 6.07) is 16.5. The van der Waals surface area contributed by atoms with Crippen LogP contribution in [0.2, 0.25) is 0 Å². The van der Waals surface area contributed by atoms with Gasteiger partial charge in [-0.15, -0.1) is 0 Å². The van der Waals surface area contributed by atoms with Crippen molar-refractivity contribution in [2.45, 2.75) is 12.5 Å². The molecule has 0 radical (unpaired) electrons. The van der Waals surface area contributed by atoms with Crippen molar-refractivity contribution in [1.82, 2.24) is 0 Å². The van der Waals surface area contributed by atoms with Gasteiger partial charge >= 0.3 is 0 Å². The molecule has 1 saturated heterocycles. The van der Waals surface area contributed by atoms with Crippen LogP contribution in [0.15, 0.2) is 65.1 Å². The van der Waals surface area contributed by atoms with E-state index in [1.54, 1.807) is 24.3 Å². The molecule has 2 N–H and O–H groups in total. The molecule has 2 aromatic rings. The molecule has 0 aromatic heterocycles. The Labute approximate surface area is 159 Å². The largest absolute Gasteiger partial charge is 0.386 e. The highest BCUT2D eigenvalue weighted by atomic mass is 32.3. The lowest BCUT2D eigenvalue weighted by Gasteiger charge is -2.37. The van der Waals surface area contributed by atoms with Crippen LogP contribution in [0.5, 0.6) is 5.75 Å². The molecule has 2 atom stereocenters. The van der Waals surface area contributed by atoms with Gasteiger partial charge in [0.2, 0.25) is 0 Å². The molecule has 7 heteroatoms. The van der Waals surface area contributed by atoms with Crippen molar-refractivity contribution < 1.29 is 18.0 Å². The Morgan fingerprint density at radius 2 is 1.89 bits per heavy atom. The normalized spacial score (nSPS) is 24.8. The molecular formula is C20H18N2O4S. The second kappa shape index (κ2) is 6.83. The van der Waals surface area contributed by atoms with E-state index in [9.17, 15) is 9.11 Å². The van der Waals surface area contributed by atoms with E-state index in [1.165, 1.54) is 0 Å². The number of rotatable bonds is 2. The number of ether oxygens (including phenoxy) is 1. The van der Waals surface area contributed by atoms with Gasteiger partial charge in [0.1, 0.15) is 0 Å². The molecule has 6 nitrogen and oxygen atoms in total. The van der Waals surface area contributed by atoms with Crippen molar-refractivity contribution in [1.29, 1.82) is 5.26 Å². The van der Waals surface area contributed by atoms with Gasteiger partial charge in [0.25, 0.3) is 11.1 Å². The first-order valence-electron chi connectivity index (χ1n) is 8.42. The number of nitrogens with zero attached hydrogens (tertiary/aromatic N) is 2. The van der Waals surface area contributed by atoms with Crippen LogP contribution in [0.25, 0.3) is 0 Å². The molecule has 2 aliphatic rings. The van der Waals surface area contributed by atoms with E-state index in [4.69, 9.17) is 14.2 Å². The number of para-hydroxylation sites is 1. The Kier molecular flexibility index (Phi) is 4.50. The van der Waals surface area contributed by atoms with Gasteiger partial charge in [0, 0.05) is 11.5 Å². The molecule has 0 aliphatic carbocycles. The van der Waals surface area contributed by atoms with E-state index in [1.807, 2.05) is 24.3 Å². The van der Waals surface area contributed by atoms with Crippen LogP contribution in [-0.2, 0) is 4.74 Å². The second-order valence-electron chi connectivity index (χ2n) is 6.55. The number of hydrogen-bond donors (Lipinski definition) is 2. The Balaban J connectivity index is 1.79. The topological polar surface area (TPSA) is 95.1 Å². The fourth-order valence-electron chi connectivity index (χ4n) is 3.45. The number of hydrogen-bond acceptors (Lipinski definition) is 6. The summed E-state index contributed by atoms with van der Waals surface area (Å²) in [5, 5.41) is 9.02. The number of benzene rings is 2. The summed E-state index contributed by atoms with van der Waals surface area (Å²) in [5.41, 5.74) is 3.62. The maximum absolute atomic E-state index is 10.1. The molecule has 138 valence electrons. The van der Waals surface area contributed by atoms with Crippen molar-refractivity contribution in [2.24, 2.45) is 10.3 Å². The van der Waals surface area contributed by atoms with Gasteiger partial charge < -0.3 is 8.92 Å². The molecular weight excluding hydrogens is 364 g/mol. The second-order valence-corrected chi connectivity index (χ2v) is 7.84. The molecule has 2 heterocycles. The molecule has 2 aliphatic heterocycles. The van der Waals surface area contributed by atoms with E-state index >= 15 is 0 Å². The van der Waals surface area contributed by atoms with Crippen LogP contribution in [0.4, 0.5) is 0 Å². The lowest BCUT2D eigenvalue weighted by molar-refractivity contribution is 0.0209. The van der Waals surface area contributed by atoms with E-state index in [2.05, 4.69) is 17.0 Å². The van der Waals surface area contributed by atoms with Gasteiger partial charge in [-0.2, -0.15) is 9.66 Å². The maximum atomic E-state index is 10.1. The van der Waals surface area contributed by atoms with E-state index in [0.29, 0.717) is 35.6 Å². The fraction of sp³-hybridized carbons (Fsp3) is 0.200. The Hall–Kier alpha value is -2.63. The Morgan fingerprint density at radius 1 is 1.15 bits per heavy atom. The van der Waals surface area contributed by atoms with E-state index in [0.717, 1.165) is 11.1 Å². The third-order valence-electron chi connectivity index (χ3n) is 4.64. The number of nitriles is 1. The van der Waals surface area contributed by atoms with Crippen LogP contribution in [0.1, 0.15) is 29.2 Å². The number of fused-ring (bicyclic) bond motifs is 1. The highest BCUT2D eigenvalue weighted by molar-refractivity contribution is 8.19. The SMILES string of the molecule is C=C1CO[C@H](c2ccc(C#N)cc2)C(C2=NS(O)(O)Oc3ccccc32)C1. The summed E-state index contributed by atoms with van der Waals surface area (Å²) in [4.78, 5) is 0. The average molecular weight is 382 g/mol. The quantitative estimate of drug-likeness (QED) is 0.737. The lowest BCUT2D eigenvalue weighted by Crippen LogP contribution is -2.33. The first-order chi connectivity index (χ1) is 13.0. The zero-order valence-electron chi connectivity index (χ0n) is 14.4. The average Bonchev–Trinajstić information content (AvgIpc) is 2.66. The third-order valence-corrected chi connectivity index (χ3v) is 5.48. The molecule has 1 fully saturated rings. The van der Waals surface area contributed by atoms with Crippen molar-refractivity contribution in [3.05, 3.63) is 77.4 Å². The predicted octanol–water partition coefficient (Wildman–Crippen LogP) is 4.65. The summed E-state index contributed by atoms with van der Waals surface area (Å²) in [7, 11) is 0. The molecule has 27 heavy (non-hydrogen) atoms. The molecule has 2 aromatic carbocycles. The van der Waals surface area contributed by atoms with Crippen LogP contribution in [-0.4, -0.2) is 21.4 Å². The van der Waals surface area contributed by atoms with Crippen LogP contribution >= 0.6 is 11.1 Å². The zero-order valence-corrected chi connectivity index (χ0v) is 15.2. The highest BCUT2D eigenvalue weighted by Crippen LogP contribution is 2.51. The molecule has 0 bridgehead atoms. The molecule has 0 spiro atoms. The van der Waals surface area contributed by atoms with Crippen molar-refractivity contribution in [2.75, 3.05) is 6.61 Å². The highest BCUT2D eigenvalue weighted by Gasteiger charge is 2.39. The van der Waals surface area contributed by atoms with Gasteiger partial charge in [0.15, 0.2) is 5.75 Å². The predicted molar refractivity (Wildman–Crippen MR) is 104 cm³/mol. The first-order valence-corrected chi connectivity index (χ1v) is 9.85. The molecule has 1 unspecified atom stereocenters. The minimum Gasteiger partial charge on any atom is -0.386 e. The summed E-state index contributed by atoms with van der Waals surface area (Å²) in [6.07, 6.45) is 0.260. The fourth-order valence-corrected chi connectivity index (χ4v) is 4.36. The molecule has 4 rings (SSSR count). The maximum Gasteiger partial charge on any atom is 0.250 e. The van der Waals surface area contributed by atoms with Crippen LogP contribution in [0.3, 0.4) is 0 Å². The minimum absolute atomic E-state index is 0.254. The summed E-state index contributed by atoms with van der Waals surface area (Å²) >= 11 is -3.57. The van der Waals surface area contributed by atoms with Crippen molar-refractivity contribution in [3.63, 3.8) is 0 Å². The van der Waals surface area contributed by atoms with Gasteiger partial charge in [0.05, 0.1) is 30.1 Å². The minimum atomic E-state index is -3.57. The molecule has 0 amide bonds. The van der Waals surface area contributed by atoms with Gasteiger partial charge in [-0.25, -0.2) is 0 Å². The van der Waals surface area contributed by atoms with Crippen molar-refractivity contribution in [3.8, 4) is 11.8 Å². The monoisotopic (exact) mass is 382 g/mol. The summed E-state index contributed by atoms with van der Waals surface area (Å²) in [5.74, 6) is 0.132. The van der Waals surface area contributed by atoms with Crippen LogP contribution in [0, 0.1) is 17.2 Å². The third kappa shape index (κ3) is 3.48. The zero-order chi connectivity index (χ0) is 19.0. The lowest BCUT2D eigenvalue weighted by atomic mass is 9.81. The van der Waals surface area contributed by atoms with E-state index < -0.39 is 11.1 Å². The summed E-state index contributed by atoms with van der Waals surface area (Å²) in [6.45, 7) is 4.45. The van der Waals surface area contributed by atoms with Gasteiger partial charge in [-0.3, -0.25) is 9.11 Å². The van der Waals surface area contributed by atoms with E-state index in [-0.39, 0.29) is 12.0 Å². The van der Waals surface area contributed by atoms with Crippen molar-refractivity contribution >= 4 is 16.8 Å². The standard InChI is InChI=1S/C20H18N2O4S/c1-13-10-17(20(25-12-13)15-8-6-14(11-21)7-9-15)19-16-4-2-3-5-18(16)26-27(23,24)22-19/h2-9,17,20,23-24H,1,10,12H2/t17?,20-/m1/s1. The molecule has 0 saturated carbocycles. The Bertz CT molecular complexity index is 963. The first kappa shape index (κ1) is 17.8. The summed E-state index contributed by atoms with van der Waals surface area (Å²) < 4.78 is 35.7. The smallest absolute Gasteiger partial charge is 0.250 e.